The number of alkyl halides is 6. The van der Waals surface area contributed by atoms with Gasteiger partial charge in [0.05, 0.1) is 17.4 Å². The second-order valence-electron chi connectivity index (χ2n) is 9.02. The lowest BCUT2D eigenvalue weighted by Gasteiger charge is -2.25. The van der Waals surface area contributed by atoms with Crippen molar-refractivity contribution < 1.29 is 54.5 Å². The Morgan fingerprint density at radius 3 is 2.05 bits per heavy atom. The average Bonchev–Trinajstić information content (AvgIpc) is 2.78. The van der Waals surface area contributed by atoms with Crippen molar-refractivity contribution in [2.24, 2.45) is 5.73 Å². The van der Waals surface area contributed by atoms with Crippen LogP contribution in [-0.2, 0) is 6.18 Å². The van der Waals surface area contributed by atoms with E-state index in [1.165, 1.54) is 0 Å². The summed E-state index contributed by atoms with van der Waals surface area (Å²) >= 11 is 0. The number of primary amides is 1. The molecule has 0 bridgehead atoms. The van der Waals surface area contributed by atoms with Crippen molar-refractivity contribution in [3.63, 3.8) is 0 Å². The lowest BCUT2D eigenvalue weighted by molar-refractivity contribution is -0.274. The predicted octanol–water partition coefficient (Wildman–Crippen LogP) is 2.17. The standard InChI is InChI=1S/C22H17B3F7N3O5/c23-21(24,25)40-15-7-10(39-22(30,31)32)2-5-13(15)38-14-6-3-11(20(27,28)29)17(26)16(14)19(37)35-9-1-4-12(18(33)36)34-8-9/h1-8H,23-25H2,(H2,33,36)(H,35,37). The quantitative estimate of drug-likeness (QED) is 0.318. The Balaban J connectivity index is 2.08. The Labute approximate surface area is 224 Å². The van der Waals surface area contributed by atoms with Gasteiger partial charge in [0, 0.05) is 11.4 Å². The first-order chi connectivity index (χ1) is 18.3. The second kappa shape index (κ2) is 11.0. The predicted molar refractivity (Wildman–Crippen MR) is 134 cm³/mol. The van der Waals surface area contributed by atoms with Gasteiger partial charge in [0.2, 0.25) is 0 Å². The summed E-state index contributed by atoms with van der Waals surface area (Å²) in [5.41, 5.74) is 1.79. The second-order valence-corrected chi connectivity index (χ2v) is 9.02. The molecule has 0 aliphatic heterocycles. The molecule has 0 aliphatic carbocycles. The van der Waals surface area contributed by atoms with Crippen molar-refractivity contribution in [2.75, 3.05) is 5.32 Å². The van der Waals surface area contributed by atoms with Crippen LogP contribution < -0.4 is 25.3 Å². The molecule has 1 aromatic heterocycles. The van der Waals surface area contributed by atoms with Gasteiger partial charge in [-0.2, -0.15) is 13.2 Å². The number of nitrogens with two attached hydrogens (primary N) is 1. The van der Waals surface area contributed by atoms with Crippen molar-refractivity contribution in [3.05, 3.63) is 71.3 Å². The maximum absolute atomic E-state index is 15.2. The molecule has 0 saturated carbocycles. The van der Waals surface area contributed by atoms with Crippen molar-refractivity contribution in [3.8, 4) is 23.0 Å². The van der Waals surface area contributed by atoms with Crippen LogP contribution in [0.25, 0.3) is 0 Å². The minimum atomic E-state index is -5.20. The molecule has 2 aromatic carbocycles. The van der Waals surface area contributed by atoms with Gasteiger partial charge >= 0.3 is 12.5 Å². The Morgan fingerprint density at radius 1 is 0.875 bits per heavy atom. The first kappa shape index (κ1) is 30.2. The molecule has 0 aliphatic rings. The van der Waals surface area contributed by atoms with Gasteiger partial charge in [0.15, 0.2) is 17.3 Å². The number of carbonyl (C=O) groups excluding carboxylic acids is 2. The molecule has 0 unspecified atom stereocenters. The highest BCUT2D eigenvalue weighted by Crippen LogP contribution is 2.41. The number of hydrogen-bond donors (Lipinski definition) is 2. The molecular formula is C22H17B3F7N3O5. The molecule has 18 heteroatoms. The largest absolute Gasteiger partial charge is 0.573 e. The number of hydrogen-bond acceptors (Lipinski definition) is 6. The highest BCUT2D eigenvalue weighted by molar-refractivity contribution is 6.58. The normalized spacial score (nSPS) is 12.0. The van der Waals surface area contributed by atoms with Crippen LogP contribution in [0.1, 0.15) is 26.4 Å². The van der Waals surface area contributed by atoms with E-state index in [2.05, 4.69) is 15.0 Å². The molecule has 8 nitrogen and oxygen atoms in total. The zero-order chi connectivity index (χ0) is 30.0. The van der Waals surface area contributed by atoms with Gasteiger partial charge in [-0.1, -0.05) is 0 Å². The first-order valence-corrected chi connectivity index (χ1v) is 11.1. The van der Waals surface area contributed by atoms with E-state index in [1.54, 1.807) is 23.5 Å². The number of rotatable bonds is 8. The lowest BCUT2D eigenvalue weighted by atomic mass is 9.52. The molecule has 0 spiro atoms. The van der Waals surface area contributed by atoms with Crippen LogP contribution in [0.5, 0.6) is 23.0 Å². The van der Waals surface area contributed by atoms with Crippen molar-refractivity contribution in [1.82, 2.24) is 4.98 Å². The van der Waals surface area contributed by atoms with Gasteiger partial charge in [0.1, 0.15) is 46.3 Å². The summed E-state index contributed by atoms with van der Waals surface area (Å²) in [5.74, 6) is -6.44. The van der Waals surface area contributed by atoms with E-state index in [0.717, 1.165) is 36.5 Å². The number of nitrogens with one attached hydrogen (secondary N) is 1. The molecule has 208 valence electrons. The summed E-state index contributed by atoms with van der Waals surface area (Å²) in [4.78, 5) is 27.8. The number of ether oxygens (including phenoxy) is 3. The summed E-state index contributed by atoms with van der Waals surface area (Å²) in [7, 11) is 4.63. The van der Waals surface area contributed by atoms with Crippen LogP contribution in [-0.4, -0.2) is 52.0 Å². The Kier molecular flexibility index (Phi) is 8.31. The molecule has 40 heavy (non-hydrogen) atoms. The SMILES string of the molecule is BC(B)(B)Oc1cc(OC(F)(F)F)ccc1Oc1ccc(C(F)(F)F)c(F)c1C(=O)Nc1ccc(C(N)=O)nc1. The maximum Gasteiger partial charge on any atom is 0.573 e. The molecule has 2 amide bonds. The third kappa shape index (κ3) is 7.83. The summed E-state index contributed by atoms with van der Waals surface area (Å²) in [5, 5.41) is 1.13. The van der Waals surface area contributed by atoms with Crippen LogP contribution in [0.15, 0.2) is 48.7 Å². The fourth-order valence-corrected chi connectivity index (χ4v) is 3.18. The number of benzene rings is 2. The topological polar surface area (TPSA) is 113 Å². The van der Waals surface area contributed by atoms with Gasteiger partial charge in [0.25, 0.3) is 11.8 Å². The van der Waals surface area contributed by atoms with Crippen LogP contribution in [0.4, 0.5) is 36.4 Å². The van der Waals surface area contributed by atoms with Gasteiger partial charge in [-0.3, -0.25) is 9.59 Å². The monoisotopic (exact) mass is 569 g/mol. The minimum absolute atomic E-state index is 0.136. The zero-order valence-corrected chi connectivity index (χ0v) is 20.8. The number of pyridine rings is 1. The van der Waals surface area contributed by atoms with Gasteiger partial charge in [-0.15, -0.1) is 13.2 Å². The molecule has 3 aromatic rings. The average molecular weight is 569 g/mol. The first-order valence-electron chi connectivity index (χ1n) is 11.1. The van der Waals surface area contributed by atoms with E-state index in [0.29, 0.717) is 12.1 Å². The molecule has 0 saturated heterocycles. The number of carbonyl (C=O) groups is 2. The summed E-state index contributed by atoms with van der Waals surface area (Å²) in [6.07, 6.45) is -9.29. The Morgan fingerprint density at radius 2 is 1.52 bits per heavy atom. The van der Waals surface area contributed by atoms with Crippen molar-refractivity contribution in [1.29, 1.82) is 0 Å². The fourth-order valence-electron chi connectivity index (χ4n) is 3.18. The molecule has 3 N–H and O–H groups in total. The number of amides is 2. The molecule has 3 rings (SSSR count). The third-order valence-electron chi connectivity index (χ3n) is 4.69. The fraction of sp³-hybridized carbons (Fsp3) is 0.136. The molecular weight excluding hydrogens is 552 g/mol. The Bertz CT molecular complexity index is 1430. The summed E-state index contributed by atoms with van der Waals surface area (Å²) < 4.78 is 109. The van der Waals surface area contributed by atoms with Gasteiger partial charge < -0.3 is 25.3 Å². The van der Waals surface area contributed by atoms with E-state index < -0.39 is 58.1 Å². The number of aromatic nitrogens is 1. The van der Waals surface area contributed by atoms with E-state index in [1.807, 2.05) is 0 Å². The van der Waals surface area contributed by atoms with E-state index in [9.17, 15) is 35.9 Å². The van der Waals surface area contributed by atoms with E-state index >= 15 is 4.39 Å². The molecule has 0 fully saturated rings. The highest BCUT2D eigenvalue weighted by atomic mass is 19.4. The summed E-state index contributed by atoms with van der Waals surface area (Å²) in [6.45, 7) is 0. The minimum Gasteiger partial charge on any atom is -0.510 e. The number of anilines is 1. The van der Waals surface area contributed by atoms with Crippen LogP contribution in [0.3, 0.4) is 0 Å². The van der Waals surface area contributed by atoms with Crippen LogP contribution in [0, 0.1) is 5.82 Å². The smallest absolute Gasteiger partial charge is 0.510 e. The van der Waals surface area contributed by atoms with E-state index in [4.69, 9.17) is 15.2 Å². The third-order valence-corrected chi connectivity index (χ3v) is 4.69. The van der Waals surface area contributed by atoms with Crippen LogP contribution in [0.2, 0.25) is 0 Å². The summed E-state index contributed by atoms with van der Waals surface area (Å²) in [6, 6.07) is 5.81. The zero-order valence-electron chi connectivity index (χ0n) is 20.8. The molecule has 1 heterocycles. The van der Waals surface area contributed by atoms with Crippen molar-refractivity contribution in [2.45, 2.75) is 17.8 Å². The maximum atomic E-state index is 15.2. The Hall–Kier alpha value is -4.37. The number of nitrogens with zero attached hydrogens (tertiary/aromatic N) is 1. The molecule has 0 radical (unpaired) electrons. The lowest BCUT2D eigenvalue weighted by Crippen LogP contribution is -2.37. The van der Waals surface area contributed by atoms with Crippen LogP contribution >= 0.6 is 0 Å². The van der Waals surface area contributed by atoms with Crippen molar-refractivity contribution >= 4 is 41.0 Å². The molecule has 0 atom stereocenters. The number of halogens is 7. The van der Waals surface area contributed by atoms with Gasteiger partial charge in [-0.25, -0.2) is 9.37 Å². The van der Waals surface area contributed by atoms with Gasteiger partial charge in [-0.05, 0) is 36.4 Å². The van der Waals surface area contributed by atoms with E-state index in [-0.39, 0.29) is 22.9 Å². The highest BCUT2D eigenvalue weighted by Gasteiger charge is 2.38.